The van der Waals surface area contributed by atoms with E-state index in [-0.39, 0.29) is 0 Å². The summed E-state index contributed by atoms with van der Waals surface area (Å²) in [5, 5.41) is 0. The van der Waals surface area contributed by atoms with Gasteiger partial charge in [0.1, 0.15) is 0 Å². The van der Waals surface area contributed by atoms with Crippen molar-refractivity contribution in [3.05, 3.63) is 28.3 Å². The van der Waals surface area contributed by atoms with Crippen LogP contribution >= 0.6 is 0 Å². The Morgan fingerprint density at radius 1 is 1.00 bits per heavy atom. The van der Waals surface area contributed by atoms with Gasteiger partial charge in [-0.05, 0) is 76.0 Å². The number of nitrogens with zero attached hydrogens (tertiary/aromatic N) is 1. The predicted octanol–water partition coefficient (Wildman–Crippen LogP) is 2.93. The number of hydrogen-bond acceptors (Lipinski definition) is 3. The molecule has 0 atom stereocenters. The van der Waals surface area contributed by atoms with Gasteiger partial charge in [-0.2, -0.15) is 0 Å². The van der Waals surface area contributed by atoms with Crippen LogP contribution in [0.3, 0.4) is 0 Å². The van der Waals surface area contributed by atoms with E-state index in [2.05, 4.69) is 23.5 Å². The second-order valence-electron chi connectivity index (χ2n) is 5.87. The smallest absolute Gasteiger partial charge is 0.241 e. The number of benzene rings is 1. The van der Waals surface area contributed by atoms with Crippen LogP contribution in [-0.4, -0.2) is 39.5 Å². The molecule has 0 saturated heterocycles. The normalized spacial score (nSPS) is 12.1. The molecule has 4 nitrogen and oxygen atoms in total. The molecule has 0 amide bonds. The van der Waals surface area contributed by atoms with Gasteiger partial charge in [0, 0.05) is 6.54 Å². The Hall–Kier alpha value is -0.910. The molecule has 126 valence electrons. The largest absolute Gasteiger partial charge is 0.304 e. The van der Waals surface area contributed by atoms with Crippen LogP contribution < -0.4 is 4.72 Å². The van der Waals surface area contributed by atoms with Gasteiger partial charge in [0.05, 0.1) is 4.90 Å². The van der Waals surface area contributed by atoms with Gasteiger partial charge in [-0.25, -0.2) is 13.1 Å². The van der Waals surface area contributed by atoms with Crippen LogP contribution in [0.1, 0.15) is 42.5 Å². The van der Waals surface area contributed by atoms with Crippen LogP contribution in [0.25, 0.3) is 0 Å². The molecule has 0 unspecified atom stereocenters. The molecule has 0 heterocycles. The first-order valence-electron chi connectivity index (χ1n) is 8.04. The minimum Gasteiger partial charge on any atom is -0.304 e. The van der Waals surface area contributed by atoms with E-state index in [0.717, 1.165) is 48.3 Å². The Labute approximate surface area is 136 Å². The summed E-state index contributed by atoms with van der Waals surface area (Å²) in [6.07, 6.45) is 0.823. The summed E-state index contributed by atoms with van der Waals surface area (Å²) in [5.41, 5.74) is 3.73. The number of aryl methyl sites for hydroxylation is 2. The van der Waals surface area contributed by atoms with Gasteiger partial charge in [-0.1, -0.05) is 19.9 Å². The van der Waals surface area contributed by atoms with Crippen molar-refractivity contribution >= 4 is 10.0 Å². The number of rotatable bonds is 8. The fourth-order valence-corrected chi connectivity index (χ4v) is 4.39. The molecule has 1 N–H and O–H groups in total. The molecule has 0 aliphatic rings. The Morgan fingerprint density at radius 2 is 1.50 bits per heavy atom. The van der Waals surface area contributed by atoms with Crippen molar-refractivity contribution in [1.29, 1.82) is 0 Å². The Kier molecular flexibility index (Phi) is 7.03. The quantitative estimate of drug-likeness (QED) is 0.747. The van der Waals surface area contributed by atoms with Crippen molar-refractivity contribution in [2.75, 3.05) is 26.2 Å². The summed E-state index contributed by atoms with van der Waals surface area (Å²) in [4.78, 5) is 2.74. The maximum absolute atomic E-state index is 12.6. The second kappa shape index (κ2) is 8.09. The predicted molar refractivity (Wildman–Crippen MR) is 93.0 cm³/mol. The topological polar surface area (TPSA) is 49.4 Å². The lowest BCUT2D eigenvalue weighted by Gasteiger charge is -2.19. The molecule has 0 fully saturated rings. The average molecular weight is 327 g/mol. The number of nitrogens with one attached hydrogen (secondary N) is 1. The highest BCUT2D eigenvalue weighted by Crippen LogP contribution is 2.25. The minimum absolute atomic E-state index is 0.452. The van der Waals surface area contributed by atoms with Gasteiger partial charge in [0.2, 0.25) is 10.0 Å². The first-order chi connectivity index (χ1) is 10.2. The van der Waals surface area contributed by atoms with Gasteiger partial charge < -0.3 is 4.90 Å². The van der Waals surface area contributed by atoms with E-state index in [1.807, 2.05) is 33.8 Å². The highest BCUT2D eigenvalue weighted by molar-refractivity contribution is 7.89. The lowest BCUT2D eigenvalue weighted by molar-refractivity contribution is 0.300. The third kappa shape index (κ3) is 4.54. The molecule has 0 aliphatic carbocycles. The van der Waals surface area contributed by atoms with Crippen LogP contribution in [0.4, 0.5) is 0 Å². The molecule has 1 rings (SSSR count). The Morgan fingerprint density at radius 3 is 1.95 bits per heavy atom. The molecule has 0 aromatic heterocycles. The zero-order chi connectivity index (χ0) is 16.9. The fourth-order valence-electron chi connectivity index (χ4n) is 2.70. The van der Waals surface area contributed by atoms with E-state index in [9.17, 15) is 8.42 Å². The lowest BCUT2D eigenvalue weighted by atomic mass is 10.0. The monoisotopic (exact) mass is 326 g/mol. The van der Waals surface area contributed by atoms with Gasteiger partial charge >= 0.3 is 0 Å². The van der Waals surface area contributed by atoms with Gasteiger partial charge in [0.25, 0.3) is 0 Å². The van der Waals surface area contributed by atoms with E-state index in [4.69, 9.17) is 0 Å². The van der Waals surface area contributed by atoms with Gasteiger partial charge in [-0.3, -0.25) is 0 Å². The molecule has 0 radical (unpaired) electrons. The SMILES string of the molecule is CCN(CC)CCCNS(=O)(=O)c1c(C)c(C)cc(C)c1C. The van der Waals surface area contributed by atoms with Gasteiger partial charge in [0.15, 0.2) is 0 Å². The molecule has 0 bridgehead atoms. The maximum Gasteiger partial charge on any atom is 0.241 e. The van der Waals surface area contributed by atoms with Crippen LogP contribution in [0.5, 0.6) is 0 Å². The summed E-state index contributed by atoms with van der Waals surface area (Å²) >= 11 is 0. The average Bonchev–Trinajstić information content (AvgIpc) is 2.45. The molecule has 1 aromatic rings. The first-order valence-corrected chi connectivity index (χ1v) is 9.52. The molecule has 22 heavy (non-hydrogen) atoms. The summed E-state index contributed by atoms with van der Waals surface area (Å²) in [6.45, 7) is 15.3. The third-order valence-corrected chi connectivity index (χ3v) is 6.14. The zero-order valence-electron chi connectivity index (χ0n) is 14.8. The lowest BCUT2D eigenvalue weighted by Crippen LogP contribution is -2.30. The minimum atomic E-state index is -3.45. The summed E-state index contributed by atoms with van der Waals surface area (Å²) in [7, 11) is -3.45. The van der Waals surface area contributed by atoms with E-state index >= 15 is 0 Å². The van der Waals surface area contributed by atoms with Crippen molar-refractivity contribution in [3.8, 4) is 0 Å². The van der Waals surface area contributed by atoms with E-state index in [1.165, 1.54) is 0 Å². The van der Waals surface area contributed by atoms with Crippen LogP contribution in [-0.2, 0) is 10.0 Å². The summed E-state index contributed by atoms with van der Waals surface area (Å²) < 4.78 is 28.0. The fraction of sp³-hybridized carbons (Fsp3) is 0.647. The van der Waals surface area contributed by atoms with E-state index in [0.29, 0.717) is 11.4 Å². The molecule has 0 aliphatic heterocycles. The maximum atomic E-state index is 12.6. The van der Waals surface area contributed by atoms with Crippen LogP contribution in [0.15, 0.2) is 11.0 Å². The summed E-state index contributed by atoms with van der Waals surface area (Å²) in [5.74, 6) is 0. The van der Waals surface area contributed by atoms with E-state index in [1.54, 1.807) is 0 Å². The Balaban J connectivity index is 2.84. The standard InChI is InChI=1S/C17H30N2O2S/c1-7-19(8-2)11-9-10-18-22(20,21)17-15(5)13(3)12-14(4)16(17)6/h12,18H,7-11H2,1-6H3. The summed E-state index contributed by atoms with van der Waals surface area (Å²) in [6, 6.07) is 2.05. The van der Waals surface area contributed by atoms with Crippen molar-refractivity contribution < 1.29 is 8.42 Å². The number of hydrogen-bond donors (Lipinski definition) is 1. The third-order valence-electron chi connectivity index (χ3n) is 4.40. The molecule has 1 aromatic carbocycles. The van der Waals surface area contributed by atoms with Crippen molar-refractivity contribution in [1.82, 2.24) is 9.62 Å². The molecule has 5 heteroatoms. The van der Waals surface area contributed by atoms with Crippen molar-refractivity contribution in [3.63, 3.8) is 0 Å². The first kappa shape index (κ1) is 19.1. The molecular formula is C17H30N2O2S. The highest BCUT2D eigenvalue weighted by atomic mass is 32.2. The molecule has 0 saturated carbocycles. The highest BCUT2D eigenvalue weighted by Gasteiger charge is 2.21. The van der Waals surface area contributed by atoms with Crippen LogP contribution in [0.2, 0.25) is 0 Å². The second-order valence-corrected chi connectivity index (χ2v) is 7.57. The van der Waals surface area contributed by atoms with Gasteiger partial charge in [-0.15, -0.1) is 0 Å². The van der Waals surface area contributed by atoms with E-state index < -0.39 is 10.0 Å². The van der Waals surface area contributed by atoms with Crippen molar-refractivity contribution in [2.24, 2.45) is 0 Å². The number of sulfonamides is 1. The van der Waals surface area contributed by atoms with Crippen LogP contribution in [0, 0.1) is 27.7 Å². The zero-order valence-corrected chi connectivity index (χ0v) is 15.6. The molecular weight excluding hydrogens is 296 g/mol. The van der Waals surface area contributed by atoms with Crippen molar-refractivity contribution in [2.45, 2.75) is 52.9 Å². The molecule has 0 spiro atoms. The Bertz CT molecular complexity index is 579.